The molecule has 0 aromatic carbocycles. The lowest BCUT2D eigenvalue weighted by Crippen LogP contribution is -2.05. The minimum atomic E-state index is 0.485. The van der Waals surface area contributed by atoms with Gasteiger partial charge < -0.3 is 5.73 Å². The van der Waals surface area contributed by atoms with Gasteiger partial charge in [-0.3, -0.25) is 0 Å². The SMILES string of the molecule is Cc1csc(Cn2ncc(Cl)c2N)n1. The highest BCUT2D eigenvalue weighted by atomic mass is 35.5. The monoisotopic (exact) mass is 228 g/mol. The molecule has 14 heavy (non-hydrogen) atoms. The van der Waals surface area contributed by atoms with Crippen molar-refractivity contribution in [3.05, 3.63) is 27.3 Å². The summed E-state index contributed by atoms with van der Waals surface area (Å²) in [4.78, 5) is 4.32. The molecule has 6 heteroatoms. The number of thiazole rings is 1. The highest BCUT2D eigenvalue weighted by molar-refractivity contribution is 7.09. The van der Waals surface area contributed by atoms with E-state index in [1.807, 2.05) is 12.3 Å². The Kier molecular flexibility index (Phi) is 2.43. The number of nitrogens with two attached hydrogens (primary N) is 1. The summed E-state index contributed by atoms with van der Waals surface area (Å²) in [6, 6.07) is 0. The molecule has 2 aromatic rings. The average molecular weight is 229 g/mol. The molecule has 0 spiro atoms. The molecule has 2 heterocycles. The van der Waals surface area contributed by atoms with Crippen LogP contribution < -0.4 is 5.73 Å². The van der Waals surface area contributed by atoms with Crippen LogP contribution in [0.3, 0.4) is 0 Å². The van der Waals surface area contributed by atoms with E-state index < -0.39 is 0 Å². The molecule has 0 fully saturated rings. The first-order valence-electron chi connectivity index (χ1n) is 4.04. The van der Waals surface area contributed by atoms with Crippen molar-refractivity contribution >= 4 is 28.8 Å². The van der Waals surface area contributed by atoms with E-state index in [0.29, 0.717) is 17.4 Å². The largest absolute Gasteiger partial charge is 0.383 e. The van der Waals surface area contributed by atoms with Crippen molar-refractivity contribution in [3.63, 3.8) is 0 Å². The van der Waals surface area contributed by atoms with Crippen LogP contribution in [0.5, 0.6) is 0 Å². The predicted molar refractivity (Wildman–Crippen MR) is 57.6 cm³/mol. The minimum Gasteiger partial charge on any atom is -0.383 e. The van der Waals surface area contributed by atoms with E-state index in [1.165, 1.54) is 6.20 Å². The Labute approximate surface area is 90.3 Å². The van der Waals surface area contributed by atoms with E-state index in [4.69, 9.17) is 17.3 Å². The Morgan fingerprint density at radius 3 is 2.93 bits per heavy atom. The maximum atomic E-state index is 5.78. The van der Waals surface area contributed by atoms with E-state index in [1.54, 1.807) is 16.0 Å². The first kappa shape index (κ1) is 9.48. The van der Waals surface area contributed by atoms with Crippen molar-refractivity contribution in [1.29, 1.82) is 0 Å². The van der Waals surface area contributed by atoms with Crippen molar-refractivity contribution in [2.24, 2.45) is 0 Å². The fraction of sp³-hybridized carbons (Fsp3) is 0.250. The third kappa shape index (κ3) is 1.73. The fourth-order valence-corrected chi connectivity index (χ4v) is 2.00. The van der Waals surface area contributed by atoms with Crippen LogP contribution >= 0.6 is 22.9 Å². The third-order valence-electron chi connectivity index (χ3n) is 1.78. The number of halogens is 1. The second-order valence-electron chi connectivity index (χ2n) is 2.92. The molecule has 0 aliphatic carbocycles. The Balaban J connectivity index is 2.22. The van der Waals surface area contributed by atoms with Crippen LogP contribution in [0.2, 0.25) is 5.02 Å². The van der Waals surface area contributed by atoms with Crippen molar-refractivity contribution in [2.75, 3.05) is 5.73 Å². The van der Waals surface area contributed by atoms with Gasteiger partial charge in [0.05, 0.1) is 12.7 Å². The van der Waals surface area contributed by atoms with Gasteiger partial charge >= 0.3 is 0 Å². The standard InChI is InChI=1S/C8H9ClN4S/c1-5-4-14-7(12-5)3-13-8(10)6(9)2-11-13/h2,4H,3,10H2,1H3. The van der Waals surface area contributed by atoms with Gasteiger partial charge in [0.1, 0.15) is 15.8 Å². The molecule has 2 aromatic heterocycles. The molecular weight excluding hydrogens is 220 g/mol. The second kappa shape index (κ2) is 3.59. The molecular formula is C8H9ClN4S. The van der Waals surface area contributed by atoms with Crippen molar-refractivity contribution in [3.8, 4) is 0 Å². The summed E-state index contributed by atoms with van der Waals surface area (Å²) in [7, 11) is 0. The zero-order valence-electron chi connectivity index (χ0n) is 7.57. The average Bonchev–Trinajstić information content (AvgIpc) is 2.67. The Bertz CT molecular complexity index is 448. The molecule has 0 aliphatic rings. The molecule has 0 aliphatic heterocycles. The molecule has 0 saturated heterocycles. The number of aryl methyl sites for hydroxylation is 1. The highest BCUT2D eigenvalue weighted by Gasteiger charge is 2.06. The minimum absolute atomic E-state index is 0.485. The first-order valence-corrected chi connectivity index (χ1v) is 5.30. The number of nitrogens with zero attached hydrogens (tertiary/aromatic N) is 3. The molecule has 0 saturated carbocycles. The number of aromatic nitrogens is 3. The quantitative estimate of drug-likeness (QED) is 0.855. The summed E-state index contributed by atoms with van der Waals surface area (Å²) < 4.78 is 1.64. The lowest BCUT2D eigenvalue weighted by molar-refractivity contribution is 0.692. The molecule has 74 valence electrons. The van der Waals surface area contributed by atoms with Gasteiger partial charge in [-0.1, -0.05) is 11.6 Å². The zero-order chi connectivity index (χ0) is 10.1. The van der Waals surface area contributed by atoms with E-state index >= 15 is 0 Å². The number of hydrogen-bond acceptors (Lipinski definition) is 4. The third-order valence-corrected chi connectivity index (χ3v) is 3.03. The summed E-state index contributed by atoms with van der Waals surface area (Å²) in [5.41, 5.74) is 6.72. The molecule has 0 atom stereocenters. The van der Waals surface area contributed by atoms with Gasteiger partial charge in [0.25, 0.3) is 0 Å². The van der Waals surface area contributed by atoms with Gasteiger partial charge in [0.2, 0.25) is 0 Å². The van der Waals surface area contributed by atoms with Crippen LogP contribution in [0.4, 0.5) is 5.82 Å². The van der Waals surface area contributed by atoms with Crippen molar-refractivity contribution < 1.29 is 0 Å². The fourth-order valence-electron chi connectivity index (χ4n) is 1.10. The lowest BCUT2D eigenvalue weighted by atomic mass is 10.5. The number of hydrogen-bond donors (Lipinski definition) is 1. The van der Waals surface area contributed by atoms with Crippen LogP contribution in [0.1, 0.15) is 10.7 Å². The molecule has 0 amide bonds. The van der Waals surface area contributed by atoms with Crippen LogP contribution in [-0.2, 0) is 6.54 Å². The van der Waals surface area contributed by atoms with E-state index in [9.17, 15) is 0 Å². The van der Waals surface area contributed by atoms with E-state index in [2.05, 4.69) is 10.1 Å². The second-order valence-corrected chi connectivity index (χ2v) is 4.27. The Morgan fingerprint density at radius 2 is 2.43 bits per heavy atom. The Hall–Kier alpha value is -1.07. The van der Waals surface area contributed by atoms with Gasteiger partial charge in [-0.05, 0) is 6.92 Å². The van der Waals surface area contributed by atoms with E-state index in [-0.39, 0.29) is 0 Å². The molecule has 0 radical (unpaired) electrons. The van der Waals surface area contributed by atoms with Gasteiger partial charge in [-0.2, -0.15) is 5.10 Å². The number of nitrogen functional groups attached to an aromatic ring is 1. The Morgan fingerprint density at radius 1 is 1.64 bits per heavy atom. The van der Waals surface area contributed by atoms with Crippen LogP contribution in [0, 0.1) is 6.92 Å². The summed E-state index contributed by atoms with van der Waals surface area (Å²) in [6.07, 6.45) is 1.54. The van der Waals surface area contributed by atoms with Gasteiger partial charge in [-0.25, -0.2) is 9.67 Å². The number of anilines is 1. The lowest BCUT2D eigenvalue weighted by Gasteiger charge is -2.00. The summed E-state index contributed by atoms with van der Waals surface area (Å²) in [5.74, 6) is 0.486. The van der Waals surface area contributed by atoms with Crippen molar-refractivity contribution in [1.82, 2.24) is 14.8 Å². The summed E-state index contributed by atoms with van der Waals surface area (Å²) in [5, 5.41) is 7.51. The highest BCUT2D eigenvalue weighted by Crippen LogP contribution is 2.19. The molecule has 2 N–H and O–H groups in total. The molecule has 2 rings (SSSR count). The maximum absolute atomic E-state index is 5.78. The van der Waals surface area contributed by atoms with Gasteiger partial charge in [0.15, 0.2) is 0 Å². The topological polar surface area (TPSA) is 56.7 Å². The van der Waals surface area contributed by atoms with Crippen LogP contribution in [0.25, 0.3) is 0 Å². The smallest absolute Gasteiger partial charge is 0.141 e. The zero-order valence-corrected chi connectivity index (χ0v) is 9.14. The normalized spacial score (nSPS) is 10.7. The van der Waals surface area contributed by atoms with Gasteiger partial charge in [-0.15, -0.1) is 11.3 Å². The van der Waals surface area contributed by atoms with Crippen molar-refractivity contribution in [2.45, 2.75) is 13.5 Å². The first-order chi connectivity index (χ1) is 6.66. The predicted octanol–water partition coefficient (Wildman–Crippen LogP) is 1.93. The summed E-state index contributed by atoms with van der Waals surface area (Å²) in [6.45, 7) is 2.54. The van der Waals surface area contributed by atoms with E-state index in [0.717, 1.165) is 10.7 Å². The maximum Gasteiger partial charge on any atom is 0.141 e. The van der Waals surface area contributed by atoms with Crippen LogP contribution in [0.15, 0.2) is 11.6 Å². The molecule has 0 bridgehead atoms. The molecule has 0 unspecified atom stereocenters. The van der Waals surface area contributed by atoms with Gasteiger partial charge in [0, 0.05) is 11.1 Å². The molecule has 4 nitrogen and oxygen atoms in total. The number of rotatable bonds is 2. The summed E-state index contributed by atoms with van der Waals surface area (Å²) >= 11 is 7.37. The van der Waals surface area contributed by atoms with Crippen LogP contribution in [-0.4, -0.2) is 14.8 Å².